The average Bonchev–Trinajstić information content (AvgIpc) is 2.29. The lowest BCUT2D eigenvalue weighted by molar-refractivity contribution is 0.600. The third-order valence-corrected chi connectivity index (χ3v) is 2.88. The summed E-state index contributed by atoms with van der Waals surface area (Å²) in [5.74, 6) is 0. The normalized spacial score (nSPS) is 10.5. The van der Waals surface area contributed by atoms with Crippen LogP contribution in [-0.4, -0.2) is 16.9 Å². The van der Waals surface area contributed by atoms with E-state index in [1.54, 1.807) is 0 Å². The van der Waals surface area contributed by atoms with Gasteiger partial charge in [-0.3, -0.25) is 4.98 Å². The predicted octanol–water partition coefficient (Wildman–Crippen LogP) is 3.13. The molecule has 0 aliphatic carbocycles. The molecule has 0 bridgehead atoms. The molecule has 0 spiro atoms. The van der Waals surface area contributed by atoms with Gasteiger partial charge in [0, 0.05) is 24.3 Å². The number of aromatic nitrogens is 1. The zero-order chi connectivity index (χ0) is 10.8. The van der Waals surface area contributed by atoms with E-state index in [1.165, 1.54) is 31.2 Å². The van der Waals surface area contributed by atoms with Crippen LogP contribution in [0.3, 0.4) is 0 Å². The van der Waals surface area contributed by atoms with Crippen LogP contribution in [0.25, 0.3) is 0 Å². The van der Waals surface area contributed by atoms with Crippen LogP contribution in [0.1, 0.15) is 31.2 Å². The van der Waals surface area contributed by atoms with E-state index in [4.69, 9.17) is 0 Å². The van der Waals surface area contributed by atoms with E-state index < -0.39 is 0 Å². The first-order chi connectivity index (χ1) is 7.43. The Morgan fingerprint density at radius 3 is 2.53 bits per heavy atom. The molecule has 1 aromatic rings. The van der Waals surface area contributed by atoms with Crippen LogP contribution in [0, 0.1) is 0 Å². The van der Waals surface area contributed by atoms with Crippen LogP contribution in [0.4, 0.5) is 0 Å². The van der Waals surface area contributed by atoms with Gasteiger partial charge in [0.2, 0.25) is 0 Å². The Morgan fingerprint density at radius 2 is 1.80 bits per heavy atom. The molecule has 1 N–H and O–H groups in total. The van der Waals surface area contributed by atoms with Gasteiger partial charge in [-0.1, -0.05) is 28.8 Å². The quantitative estimate of drug-likeness (QED) is 0.580. The van der Waals surface area contributed by atoms with Gasteiger partial charge in [-0.05, 0) is 37.1 Å². The van der Waals surface area contributed by atoms with Gasteiger partial charge in [0.15, 0.2) is 0 Å². The number of hydrogen-bond donors (Lipinski definition) is 1. The summed E-state index contributed by atoms with van der Waals surface area (Å²) in [4.78, 5) is 3.99. The number of alkyl halides is 1. The van der Waals surface area contributed by atoms with E-state index in [9.17, 15) is 0 Å². The van der Waals surface area contributed by atoms with Gasteiger partial charge in [0.25, 0.3) is 0 Å². The second-order valence-electron chi connectivity index (χ2n) is 3.64. The van der Waals surface area contributed by atoms with Gasteiger partial charge in [0.1, 0.15) is 0 Å². The molecular weight excluding hydrogens is 252 g/mol. The largest absolute Gasteiger partial charge is 0.313 e. The Hall–Kier alpha value is -0.410. The molecule has 1 heterocycles. The highest BCUT2D eigenvalue weighted by Crippen LogP contribution is 2.01. The molecule has 0 radical (unpaired) electrons. The number of rotatable bonds is 8. The minimum Gasteiger partial charge on any atom is -0.313 e. The van der Waals surface area contributed by atoms with Crippen molar-refractivity contribution >= 4 is 15.9 Å². The number of pyridine rings is 1. The van der Waals surface area contributed by atoms with Crippen molar-refractivity contribution in [3.05, 3.63) is 30.1 Å². The summed E-state index contributed by atoms with van der Waals surface area (Å²) < 4.78 is 0. The lowest BCUT2D eigenvalue weighted by Gasteiger charge is -2.04. The number of halogens is 1. The van der Waals surface area contributed by atoms with Crippen LogP contribution in [0.15, 0.2) is 24.5 Å². The molecule has 3 heteroatoms. The first kappa shape index (κ1) is 12.7. The maximum Gasteiger partial charge on any atom is 0.0271 e. The zero-order valence-electron chi connectivity index (χ0n) is 9.08. The molecule has 0 amide bonds. The fourth-order valence-electron chi connectivity index (χ4n) is 1.43. The topological polar surface area (TPSA) is 24.9 Å². The molecule has 15 heavy (non-hydrogen) atoms. The van der Waals surface area contributed by atoms with Crippen LogP contribution in [-0.2, 0) is 6.54 Å². The molecule has 0 aliphatic rings. The van der Waals surface area contributed by atoms with Crippen LogP contribution < -0.4 is 5.32 Å². The summed E-state index contributed by atoms with van der Waals surface area (Å²) >= 11 is 3.44. The summed E-state index contributed by atoms with van der Waals surface area (Å²) in [5, 5.41) is 4.58. The standard InChI is InChI=1S/C12H19BrN2/c13-7-3-1-2-4-8-15-11-12-5-9-14-10-6-12/h5-6,9-10,15H,1-4,7-8,11H2. The monoisotopic (exact) mass is 270 g/mol. The highest BCUT2D eigenvalue weighted by atomic mass is 79.9. The second-order valence-corrected chi connectivity index (χ2v) is 4.43. The maximum atomic E-state index is 3.99. The fraction of sp³-hybridized carbons (Fsp3) is 0.583. The van der Waals surface area contributed by atoms with Crippen molar-refractivity contribution in [2.75, 3.05) is 11.9 Å². The summed E-state index contributed by atoms with van der Waals surface area (Å²) in [6, 6.07) is 4.11. The molecule has 0 aliphatic heterocycles. The third-order valence-electron chi connectivity index (χ3n) is 2.32. The molecule has 0 saturated heterocycles. The Balaban J connectivity index is 1.93. The Labute approximate surface area is 101 Å². The van der Waals surface area contributed by atoms with Gasteiger partial charge in [0.05, 0.1) is 0 Å². The third kappa shape index (κ3) is 6.63. The van der Waals surface area contributed by atoms with E-state index in [1.807, 2.05) is 12.4 Å². The fourth-order valence-corrected chi connectivity index (χ4v) is 1.83. The summed E-state index contributed by atoms with van der Waals surface area (Å²) in [5.41, 5.74) is 1.31. The maximum absolute atomic E-state index is 3.99. The molecule has 1 rings (SSSR count). The van der Waals surface area contributed by atoms with E-state index >= 15 is 0 Å². The van der Waals surface area contributed by atoms with Crippen LogP contribution in [0.5, 0.6) is 0 Å². The molecular formula is C12H19BrN2. The van der Waals surface area contributed by atoms with Crippen molar-refractivity contribution in [1.29, 1.82) is 0 Å². The smallest absolute Gasteiger partial charge is 0.0271 e. The molecule has 0 aromatic carbocycles. The first-order valence-corrected chi connectivity index (χ1v) is 6.71. The van der Waals surface area contributed by atoms with Crippen molar-refractivity contribution in [2.45, 2.75) is 32.2 Å². The van der Waals surface area contributed by atoms with Gasteiger partial charge in [-0.2, -0.15) is 0 Å². The van der Waals surface area contributed by atoms with E-state index in [0.717, 1.165) is 18.4 Å². The van der Waals surface area contributed by atoms with E-state index in [-0.39, 0.29) is 0 Å². The Kier molecular flexibility index (Phi) is 7.48. The minimum absolute atomic E-state index is 0.959. The van der Waals surface area contributed by atoms with Crippen molar-refractivity contribution < 1.29 is 0 Å². The van der Waals surface area contributed by atoms with Gasteiger partial charge in [-0.15, -0.1) is 0 Å². The van der Waals surface area contributed by atoms with E-state index in [2.05, 4.69) is 38.4 Å². The molecule has 84 valence electrons. The SMILES string of the molecule is BrCCCCCCNCc1ccncc1. The average molecular weight is 271 g/mol. The summed E-state index contributed by atoms with van der Waals surface area (Å²) in [7, 11) is 0. The Bertz CT molecular complexity index is 239. The van der Waals surface area contributed by atoms with Gasteiger partial charge < -0.3 is 5.32 Å². The molecule has 0 atom stereocenters. The predicted molar refractivity (Wildman–Crippen MR) is 68.2 cm³/mol. The lowest BCUT2D eigenvalue weighted by atomic mass is 10.2. The van der Waals surface area contributed by atoms with Gasteiger partial charge in [-0.25, -0.2) is 0 Å². The minimum atomic E-state index is 0.959. The number of unbranched alkanes of at least 4 members (excludes halogenated alkanes) is 3. The Morgan fingerprint density at radius 1 is 1.07 bits per heavy atom. The second kappa shape index (κ2) is 8.86. The van der Waals surface area contributed by atoms with Crippen LogP contribution >= 0.6 is 15.9 Å². The summed E-state index contributed by atoms with van der Waals surface area (Å²) in [6.45, 7) is 2.07. The van der Waals surface area contributed by atoms with E-state index in [0.29, 0.717) is 0 Å². The molecule has 0 saturated carbocycles. The molecule has 0 unspecified atom stereocenters. The van der Waals surface area contributed by atoms with Crippen molar-refractivity contribution in [2.24, 2.45) is 0 Å². The molecule has 0 fully saturated rings. The van der Waals surface area contributed by atoms with Crippen molar-refractivity contribution in [3.8, 4) is 0 Å². The number of hydrogen-bond acceptors (Lipinski definition) is 2. The highest BCUT2D eigenvalue weighted by molar-refractivity contribution is 9.09. The lowest BCUT2D eigenvalue weighted by Crippen LogP contribution is -2.14. The number of nitrogens with zero attached hydrogens (tertiary/aromatic N) is 1. The molecule has 1 aromatic heterocycles. The van der Waals surface area contributed by atoms with Crippen LogP contribution in [0.2, 0.25) is 0 Å². The zero-order valence-corrected chi connectivity index (χ0v) is 10.7. The molecule has 2 nitrogen and oxygen atoms in total. The van der Waals surface area contributed by atoms with Gasteiger partial charge >= 0.3 is 0 Å². The first-order valence-electron chi connectivity index (χ1n) is 5.59. The highest BCUT2D eigenvalue weighted by Gasteiger charge is 1.91. The number of nitrogens with one attached hydrogen (secondary N) is 1. The summed E-state index contributed by atoms with van der Waals surface area (Å²) in [6.07, 6.45) is 8.92. The van der Waals surface area contributed by atoms with Crippen molar-refractivity contribution in [3.63, 3.8) is 0 Å². The van der Waals surface area contributed by atoms with Crippen molar-refractivity contribution in [1.82, 2.24) is 10.3 Å².